The molecule has 1 saturated heterocycles. The van der Waals surface area contributed by atoms with E-state index in [1.165, 1.54) is 18.2 Å². The zero-order valence-electron chi connectivity index (χ0n) is 13.0. The molecule has 1 N–H and O–H groups in total. The average molecular weight is 318 g/mol. The Labute approximate surface area is 133 Å². The number of rotatable bonds is 3. The van der Waals surface area contributed by atoms with E-state index < -0.39 is 29.7 Å². The van der Waals surface area contributed by atoms with Gasteiger partial charge in [-0.3, -0.25) is 14.5 Å². The van der Waals surface area contributed by atoms with Crippen molar-refractivity contribution in [2.75, 3.05) is 6.54 Å². The number of carbonyl (C=O) groups is 3. The number of hydrogen-bond donors (Lipinski definition) is 1. The number of hydrogen-bond acceptors (Lipinski definition) is 3. The van der Waals surface area contributed by atoms with E-state index in [9.17, 15) is 18.8 Å². The van der Waals surface area contributed by atoms with Crippen molar-refractivity contribution < 1.29 is 18.8 Å². The van der Waals surface area contributed by atoms with Crippen LogP contribution in [0.2, 0.25) is 0 Å². The number of urea groups is 1. The van der Waals surface area contributed by atoms with Crippen LogP contribution in [0.4, 0.5) is 9.18 Å². The first kappa shape index (κ1) is 15.6. The molecule has 0 aromatic heterocycles. The number of amides is 3. The molecule has 3 rings (SSSR count). The lowest BCUT2D eigenvalue weighted by Crippen LogP contribution is -2.54. The Morgan fingerprint density at radius 2 is 2.09 bits per heavy atom. The van der Waals surface area contributed by atoms with E-state index in [0.29, 0.717) is 6.42 Å². The highest BCUT2D eigenvalue weighted by molar-refractivity contribution is 6.11. The number of benzene rings is 1. The van der Waals surface area contributed by atoms with Gasteiger partial charge in [-0.15, -0.1) is 0 Å². The number of ketones is 1. The van der Waals surface area contributed by atoms with Crippen LogP contribution in [0.5, 0.6) is 0 Å². The molecular formula is C17H19FN2O3. The third kappa shape index (κ3) is 2.52. The Bertz CT molecular complexity index is 676. The van der Waals surface area contributed by atoms with Crippen LogP contribution in [-0.2, 0) is 4.79 Å². The van der Waals surface area contributed by atoms with Gasteiger partial charge < -0.3 is 5.32 Å². The van der Waals surface area contributed by atoms with E-state index in [-0.39, 0.29) is 17.4 Å². The molecule has 122 valence electrons. The highest BCUT2D eigenvalue weighted by Gasteiger charge is 2.55. The van der Waals surface area contributed by atoms with Crippen LogP contribution in [0.3, 0.4) is 0 Å². The smallest absolute Gasteiger partial charge is 0.323 e. The van der Waals surface area contributed by atoms with Gasteiger partial charge in [0, 0.05) is 0 Å². The summed E-state index contributed by atoms with van der Waals surface area (Å²) in [5, 5.41) is 2.78. The Hall–Kier alpha value is -2.24. The van der Waals surface area contributed by atoms with Crippen molar-refractivity contribution in [2.45, 2.75) is 38.1 Å². The number of imide groups is 1. The van der Waals surface area contributed by atoms with E-state index in [4.69, 9.17) is 0 Å². The standard InChI is InChI=1S/C17H19FN2O3/c1-11-6-4-5-9-17(11)15(22)20(16(23)19-17)10-14(21)12-7-2-3-8-13(12)18/h2-3,7-8,11H,4-6,9-10H2,1H3,(H,19,23)/t11-,17-/m0/s1. The third-order valence-electron chi connectivity index (χ3n) is 4.98. The summed E-state index contributed by atoms with van der Waals surface area (Å²) in [5.41, 5.74) is -1.00. The van der Waals surface area contributed by atoms with Gasteiger partial charge in [-0.05, 0) is 30.9 Å². The fraction of sp³-hybridized carbons (Fsp3) is 0.471. The van der Waals surface area contributed by atoms with Gasteiger partial charge in [0.1, 0.15) is 11.4 Å². The van der Waals surface area contributed by atoms with Gasteiger partial charge >= 0.3 is 6.03 Å². The molecule has 0 unspecified atom stereocenters. The van der Waals surface area contributed by atoms with Crippen LogP contribution < -0.4 is 5.32 Å². The Morgan fingerprint density at radius 3 is 2.78 bits per heavy atom. The average Bonchev–Trinajstić information content (AvgIpc) is 2.76. The topological polar surface area (TPSA) is 66.5 Å². The minimum atomic E-state index is -0.898. The third-order valence-corrected chi connectivity index (χ3v) is 4.98. The summed E-state index contributed by atoms with van der Waals surface area (Å²) >= 11 is 0. The predicted molar refractivity (Wildman–Crippen MR) is 81.3 cm³/mol. The maximum absolute atomic E-state index is 13.7. The van der Waals surface area contributed by atoms with Gasteiger partial charge in [-0.1, -0.05) is 31.9 Å². The molecule has 5 nitrogen and oxygen atoms in total. The van der Waals surface area contributed by atoms with Crippen LogP contribution in [0.15, 0.2) is 24.3 Å². The molecule has 0 radical (unpaired) electrons. The molecule has 2 aliphatic rings. The van der Waals surface area contributed by atoms with E-state index in [2.05, 4.69) is 5.32 Å². The van der Waals surface area contributed by atoms with Gasteiger partial charge in [0.15, 0.2) is 5.78 Å². The molecule has 2 fully saturated rings. The summed E-state index contributed by atoms with van der Waals surface area (Å²) in [6.45, 7) is 1.51. The van der Waals surface area contributed by atoms with E-state index in [1.807, 2.05) is 6.92 Å². The molecule has 1 aliphatic heterocycles. The lowest BCUT2D eigenvalue weighted by Gasteiger charge is -2.36. The molecule has 1 aromatic carbocycles. The maximum atomic E-state index is 13.7. The largest absolute Gasteiger partial charge is 0.325 e. The van der Waals surface area contributed by atoms with Gasteiger partial charge in [-0.25, -0.2) is 9.18 Å². The summed E-state index contributed by atoms with van der Waals surface area (Å²) < 4.78 is 13.7. The number of Topliss-reactive ketones (excluding diaryl/α,β-unsaturated/α-hetero) is 1. The molecule has 1 saturated carbocycles. The lowest BCUT2D eigenvalue weighted by atomic mass is 9.73. The van der Waals surface area contributed by atoms with Crippen LogP contribution >= 0.6 is 0 Å². The predicted octanol–water partition coefficient (Wildman–Crippen LogP) is 2.51. The minimum Gasteiger partial charge on any atom is -0.323 e. The van der Waals surface area contributed by atoms with Crippen LogP contribution in [0, 0.1) is 11.7 Å². The first-order valence-corrected chi connectivity index (χ1v) is 7.87. The van der Waals surface area contributed by atoms with Crippen molar-refractivity contribution in [3.63, 3.8) is 0 Å². The number of nitrogens with zero attached hydrogens (tertiary/aromatic N) is 1. The first-order chi connectivity index (χ1) is 11.0. The van der Waals surface area contributed by atoms with Crippen molar-refractivity contribution in [1.29, 1.82) is 0 Å². The van der Waals surface area contributed by atoms with Crippen LogP contribution in [-0.4, -0.2) is 34.7 Å². The summed E-state index contributed by atoms with van der Waals surface area (Å²) in [5.74, 6) is -1.56. The molecule has 23 heavy (non-hydrogen) atoms. The van der Waals surface area contributed by atoms with Crippen molar-refractivity contribution in [3.05, 3.63) is 35.6 Å². The second-order valence-corrected chi connectivity index (χ2v) is 6.34. The zero-order valence-corrected chi connectivity index (χ0v) is 13.0. The highest BCUT2D eigenvalue weighted by atomic mass is 19.1. The summed E-state index contributed by atoms with van der Waals surface area (Å²) in [6, 6.07) is 5.01. The summed E-state index contributed by atoms with van der Waals surface area (Å²) in [6.07, 6.45) is 3.34. The van der Waals surface area contributed by atoms with E-state index in [0.717, 1.165) is 24.2 Å². The summed E-state index contributed by atoms with van der Waals surface area (Å²) in [4.78, 5) is 38.1. The van der Waals surface area contributed by atoms with Gasteiger partial charge in [0.05, 0.1) is 12.1 Å². The van der Waals surface area contributed by atoms with Crippen LogP contribution in [0.25, 0.3) is 0 Å². The second-order valence-electron chi connectivity index (χ2n) is 6.34. The van der Waals surface area contributed by atoms with Crippen molar-refractivity contribution >= 4 is 17.7 Å². The Balaban J connectivity index is 1.81. The van der Waals surface area contributed by atoms with Crippen molar-refractivity contribution in [3.8, 4) is 0 Å². The quantitative estimate of drug-likeness (QED) is 0.688. The second kappa shape index (κ2) is 5.76. The fourth-order valence-corrected chi connectivity index (χ4v) is 3.56. The van der Waals surface area contributed by atoms with Gasteiger partial charge in [0.25, 0.3) is 5.91 Å². The molecule has 0 bridgehead atoms. The molecule has 2 atom stereocenters. The highest BCUT2D eigenvalue weighted by Crippen LogP contribution is 2.38. The minimum absolute atomic E-state index is 0.0289. The molecule has 3 amide bonds. The molecule has 6 heteroatoms. The Morgan fingerprint density at radius 1 is 1.35 bits per heavy atom. The van der Waals surface area contributed by atoms with Crippen molar-refractivity contribution in [2.24, 2.45) is 5.92 Å². The molecule has 1 heterocycles. The molecular weight excluding hydrogens is 299 g/mol. The zero-order chi connectivity index (χ0) is 16.6. The molecule has 1 spiro atoms. The van der Waals surface area contributed by atoms with E-state index in [1.54, 1.807) is 6.07 Å². The first-order valence-electron chi connectivity index (χ1n) is 7.87. The molecule has 1 aliphatic carbocycles. The van der Waals surface area contributed by atoms with Gasteiger partial charge in [-0.2, -0.15) is 0 Å². The molecule has 1 aromatic rings. The number of carbonyl (C=O) groups excluding carboxylic acids is 3. The summed E-state index contributed by atoms with van der Waals surface area (Å²) in [7, 11) is 0. The monoisotopic (exact) mass is 318 g/mol. The van der Waals surface area contributed by atoms with Crippen LogP contribution in [0.1, 0.15) is 43.0 Å². The SMILES string of the molecule is C[C@H]1CCCC[C@]12NC(=O)N(CC(=O)c1ccccc1F)C2=O. The van der Waals surface area contributed by atoms with E-state index >= 15 is 0 Å². The van der Waals surface area contributed by atoms with Gasteiger partial charge in [0.2, 0.25) is 0 Å². The van der Waals surface area contributed by atoms with Crippen molar-refractivity contribution in [1.82, 2.24) is 10.2 Å². The number of halogens is 1. The normalized spacial score (nSPS) is 27.4. The maximum Gasteiger partial charge on any atom is 0.325 e. The lowest BCUT2D eigenvalue weighted by molar-refractivity contribution is -0.133. The number of nitrogens with one attached hydrogen (secondary N) is 1. The Kier molecular flexibility index (Phi) is 3.92. The fourth-order valence-electron chi connectivity index (χ4n) is 3.56.